The molecule has 0 aliphatic carbocycles. The van der Waals surface area contributed by atoms with Gasteiger partial charge in [-0.3, -0.25) is 4.99 Å². The van der Waals surface area contributed by atoms with E-state index in [1.165, 1.54) is 19.3 Å². The highest BCUT2D eigenvalue weighted by molar-refractivity contribution is 14.0. The number of halogens is 1. The van der Waals surface area contributed by atoms with Crippen LogP contribution < -0.4 is 5.73 Å². The zero-order chi connectivity index (χ0) is 16.9. The van der Waals surface area contributed by atoms with Gasteiger partial charge in [-0.15, -0.1) is 24.0 Å². The summed E-state index contributed by atoms with van der Waals surface area (Å²) in [6.07, 6.45) is 6.54. The van der Waals surface area contributed by atoms with E-state index in [4.69, 9.17) is 10.5 Å². The number of carbonyl (C=O) groups excluding carboxylic acids is 1. The highest BCUT2D eigenvalue weighted by atomic mass is 127. The molecule has 6 nitrogen and oxygen atoms in total. The van der Waals surface area contributed by atoms with Crippen LogP contribution in [0.3, 0.4) is 0 Å². The van der Waals surface area contributed by atoms with Crippen LogP contribution >= 0.6 is 24.0 Å². The summed E-state index contributed by atoms with van der Waals surface area (Å²) >= 11 is 0. The van der Waals surface area contributed by atoms with Crippen molar-refractivity contribution in [1.82, 2.24) is 9.80 Å². The number of carbonyl (C=O) groups is 1. The molecule has 24 heavy (non-hydrogen) atoms. The van der Waals surface area contributed by atoms with Gasteiger partial charge in [-0.05, 0) is 59.3 Å². The van der Waals surface area contributed by atoms with E-state index in [0.717, 1.165) is 38.9 Å². The average molecular weight is 452 g/mol. The minimum Gasteiger partial charge on any atom is -0.444 e. The van der Waals surface area contributed by atoms with Gasteiger partial charge in [0.2, 0.25) is 0 Å². The second-order valence-electron chi connectivity index (χ2n) is 7.57. The molecule has 2 N–H and O–H groups in total. The van der Waals surface area contributed by atoms with Gasteiger partial charge in [0.15, 0.2) is 5.96 Å². The van der Waals surface area contributed by atoms with Crippen LogP contribution in [-0.4, -0.2) is 59.7 Å². The SMILES string of the molecule is CC(C)(C)OC(=O)N1CCCCC1CN=C(N)N1CCCCC1.I. The third kappa shape index (κ3) is 6.64. The van der Waals surface area contributed by atoms with Gasteiger partial charge >= 0.3 is 6.09 Å². The van der Waals surface area contributed by atoms with Crippen molar-refractivity contribution in [3.05, 3.63) is 0 Å². The van der Waals surface area contributed by atoms with Crippen LogP contribution in [0, 0.1) is 0 Å². The predicted molar refractivity (Wildman–Crippen MR) is 108 cm³/mol. The summed E-state index contributed by atoms with van der Waals surface area (Å²) in [5.41, 5.74) is 5.67. The minimum atomic E-state index is -0.463. The average Bonchev–Trinajstić information content (AvgIpc) is 2.52. The normalized spacial score (nSPS) is 22.8. The third-order valence-electron chi connectivity index (χ3n) is 4.40. The topological polar surface area (TPSA) is 71.2 Å². The minimum absolute atomic E-state index is 0. The molecule has 1 amide bonds. The quantitative estimate of drug-likeness (QED) is 0.397. The summed E-state index contributed by atoms with van der Waals surface area (Å²) in [5, 5.41) is 0. The first-order chi connectivity index (χ1) is 10.9. The van der Waals surface area contributed by atoms with Crippen molar-refractivity contribution in [2.24, 2.45) is 10.7 Å². The fraction of sp³-hybridized carbons (Fsp3) is 0.882. The van der Waals surface area contributed by atoms with E-state index in [9.17, 15) is 4.79 Å². The number of ether oxygens (including phenoxy) is 1. The van der Waals surface area contributed by atoms with Gasteiger partial charge in [-0.2, -0.15) is 0 Å². The van der Waals surface area contributed by atoms with Crippen LogP contribution in [0.5, 0.6) is 0 Å². The summed E-state index contributed by atoms with van der Waals surface area (Å²) in [6.45, 7) is 9.01. The lowest BCUT2D eigenvalue weighted by molar-refractivity contribution is 0.0109. The Bertz CT molecular complexity index is 431. The maximum atomic E-state index is 12.4. The summed E-state index contributed by atoms with van der Waals surface area (Å²) in [7, 11) is 0. The lowest BCUT2D eigenvalue weighted by atomic mass is 10.0. The van der Waals surface area contributed by atoms with Crippen molar-refractivity contribution < 1.29 is 9.53 Å². The Hall–Kier alpha value is -0.730. The number of hydrogen-bond acceptors (Lipinski definition) is 3. The molecule has 0 saturated carbocycles. The first kappa shape index (κ1) is 21.3. The molecule has 2 fully saturated rings. The molecule has 2 saturated heterocycles. The van der Waals surface area contributed by atoms with Crippen LogP contribution in [0.25, 0.3) is 0 Å². The van der Waals surface area contributed by atoms with Gasteiger partial charge in [-0.25, -0.2) is 4.79 Å². The van der Waals surface area contributed by atoms with Gasteiger partial charge in [0.05, 0.1) is 12.6 Å². The standard InChI is InChI=1S/C17H32N4O2.HI/c1-17(2,3)23-16(22)21-12-8-5-9-14(21)13-19-15(18)20-10-6-4-7-11-20;/h14H,4-13H2,1-3H3,(H2,18,19);1H. The number of hydrogen-bond donors (Lipinski definition) is 1. The second-order valence-corrected chi connectivity index (χ2v) is 7.57. The van der Waals surface area contributed by atoms with E-state index in [2.05, 4.69) is 9.89 Å². The molecular formula is C17H33IN4O2. The molecule has 0 aromatic rings. The molecule has 2 rings (SSSR count). The lowest BCUT2D eigenvalue weighted by Gasteiger charge is -2.36. The summed E-state index contributed by atoms with van der Waals surface area (Å²) in [4.78, 5) is 20.9. The van der Waals surface area contributed by atoms with Gasteiger partial charge < -0.3 is 20.3 Å². The fourth-order valence-electron chi connectivity index (χ4n) is 3.17. The fourth-order valence-corrected chi connectivity index (χ4v) is 3.17. The van der Waals surface area contributed by atoms with E-state index >= 15 is 0 Å². The third-order valence-corrected chi connectivity index (χ3v) is 4.40. The Labute approximate surface area is 163 Å². The maximum absolute atomic E-state index is 12.4. The van der Waals surface area contributed by atoms with Crippen LogP contribution in [-0.2, 0) is 4.74 Å². The second kappa shape index (κ2) is 9.68. The molecular weight excluding hydrogens is 419 g/mol. The maximum Gasteiger partial charge on any atom is 0.410 e. The van der Waals surface area contributed by atoms with E-state index < -0.39 is 5.60 Å². The van der Waals surface area contributed by atoms with Gasteiger partial charge in [0.25, 0.3) is 0 Å². The Kier molecular flexibility index (Phi) is 8.59. The van der Waals surface area contributed by atoms with Crippen molar-refractivity contribution in [3.8, 4) is 0 Å². The highest BCUT2D eigenvalue weighted by Gasteiger charge is 2.30. The molecule has 0 radical (unpaired) electrons. The molecule has 0 bridgehead atoms. The lowest BCUT2D eigenvalue weighted by Crippen LogP contribution is -2.48. The number of amides is 1. The molecule has 2 aliphatic heterocycles. The van der Waals surface area contributed by atoms with Crippen LogP contribution in [0.4, 0.5) is 4.79 Å². The van der Waals surface area contributed by atoms with Crippen molar-refractivity contribution in [2.75, 3.05) is 26.2 Å². The highest BCUT2D eigenvalue weighted by Crippen LogP contribution is 2.21. The Morgan fingerprint density at radius 2 is 1.75 bits per heavy atom. The number of likely N-dealkylation sites (tertiary alicyclic amines) is 2. The molecule has 1 atom stereocenters. The van der Waals surface area contributed by atoms with Gasteiger partial charge in [0.1, 0.15) is 5.60 Å². The van der Waals surface area contributed by atoms with E-state index in [0.29, 0.717) is 12.5 Å². The Morgan fingerprint density at radius 3 is 2.38 bits per heavy atom. The molecule has 1 unspecified atom stereocenters. The number of nitrogens with zero attached hydrogens (tertiary/aromatic N) is 3. The molecule has 0 aromatic heterocycles. The Balaban J connectivity index is 0.00000288. The number of guanidine groups is 1. The van der Waals surface area contributed by atoms with Crippen molar-refractivity contribution in [2.45, 2.75) is 70.9 Å². The number of nitrogens with two attached hydrogens (primary N) is 1. The molecule has 0 spiro atoms. The Morgan fingerprint density at radius 1 is 1.12 bits per heavy atom. The summed E-state index contributed by atoms with van der Waals surface area (Å²) in [6, 6.07) is 0.0990. The van der Waals surface area contributed by atoms with Crippen LogP contribution in [0.2, 0.25) is 0 Å². The van der Waals surface area contributed by atoms with E-state index in [-0.39, 0.29) is 36.1 Å². The molecule has 2 heterocycles. The smallest absolute Gasteiger partial charge is 0.410 e. The van der Waals surface area contributed by atoms with Crippen LogP contribution in [0.1, 0.15) is 59.3 Å². The largest absolute Gasteiger partial charge is 0.444 e. The van der Waals surface area contributed by atoms with Crippen molar-refractivity contribution in [1.29, 1.82) is 0 Å². The number of aliphatic imine (C=N–C) groups is 1. The zero-order valence-corrected chi connectivity index (χ0v) is 17.6. The van der Waals surface area contributed by atoms with Crippen LogP contribution in [0.15, 0.2) is 4.99 Å². The first-order valence-electron chi connectivity index (χ1n) is 8.91. The van der Waals surface area contributed by atoms with Gasteiger partial charge in [0, 0.05) is 19.6 Å². The number of rotatable bonds is 2. The monoisotopic (exact) mass is 452 g/mol. The predicted octanol–water partition coefficient (Wildman–Crippen LogP) is 3.19. The van der Waals surface area contributed by atoms with Crippen molar-refractivity contribution in [3.63, 3.8) is 0 Å². The first-order valence-corrected chi connectivity index (χ1v) is 8.91. The van der Waals surface area contributed by atoms with Gasteiger partial charge in [-0.1, -0.05) is 0 Å². The molecule has 140 valence electrons. The molecule has 2 aliphatic rings. The number of piperidine rings is 2. The van der Waals surface area contributed by atoms with Crippen molar-refractivity contribution >= 4 is 36.0 Å². The van der Waals surface area contributed by atoms with E-state index in [1.807, 2.05) is 25.7 Å². The van der Waals surface area contributed by atoms with E-state index in [1.54, 1.807) is 0 Å². The summed E-state index contributed by atoms with van der Waals surface area (Å²) in [5.74, 6) is 0.624. The zero-order valence-electron chi connectivity index (χ0n) is 15.3. The molecule has 7 heteroatoms. The molecule has 0 aromatic carbocycles. The summed E-state index contributed by atoms with van der Waals surface area (Å²) < 4.78 is 5.53.